The molecule has 2 rings (SSSR count). The van der Waals surface area contributed by atoms with E-state index in [2.05, 4.69) is 61.2 Å². The lowest BCUT2D eigenvalue weighted by molar-refractivity contribution is 1.41. The average Bonchev–Trinajstić information content (AvgIpc) is 2.40. The summed E-state index contributed by atoms with van der Waals surface area (Å²) >= 11 is 0. The molecule has 84 valence electrons. The molecular formula is C17H16. The first-order valence-corrected chi connectivity index (χ1v) is 5.82. The monoisotopic (exact) mass is 220 g/mol. The molecule has 0 bridgehead atoms. The number of rotatable bonds is 4. The van der Waals surface area contributed by atoms with E-state index in [9.17, 15) is 0 Å². The highest BCUT2D eigenvalue weighted by Gasteiger charge is 1.98. The first-order valence-electron chi connectivity index (χ1n) is 5.82. The first-order chi connectivity index (χ1) is 8.40. The van der Waals surface area contributed by atoms with Gasteiger partial charge in [0.2, 0.25) is 0 Å². The molecule has 0 nitrogen and oxygen atoms in total. The molecule has 0 unspecified atom stereocenters. The Bertz CT molecular complexity index is 492. The van der Waals surface area contributed by atoms with Crippen LogP contribution in [0.15, 0.2) is 73.3 Å². The van der Waals surface area contributed by atoms with Gasteiger partial charge in [-0.15, -0.1) is 6.58 Å². The highest BCUT2D eigenvalue weighted by atomic mass is 14.0. The molecule has 0 atom stereocenters. The molecule has 0 aliphatic rings. The number of hydrogen-bond donors (Lipinski definition) is 0. The van der Waals surface area contributed by atoms with Gasteiger partial charge in [0.15, 0.2) is 0 Å². The van der Waals surface area contributed by atoms with Crippen LogP contribution < -0.4 is 0 Å². The van der Waals surface area contributed by atoms with Gasteiger partial charge in [0, 0.05) is 0 Å². The second-order valence-electron chi connectivity index (χ2n) is 3.94. The summed E-state index contributed by atoms with van der Waals surface area (Å²) in [6, 6.07) is 20.8. The van der Waals surface area contributed by atoms with Gasteiger partial charge in [-0.25, -0.2) is 0 Å². The standard InChI is InChI=1S/C17H16/c1-2-9-17(16-12-7-4-8-13-16)14-15-10-5-3-6-11-15/h2-8,10-14H,1,9H2/b17-14-. The largest absolute Gasteiger partial charge is 0.103 e. The highest BCUT2D eigenvalue weighted by molar-refractivity contribution is 5.82. The number of benzene rings is 2. The molecular weight excluding hydrogens is 204 g/mol. The molecule has 0 fully saturated rings. The molecule has 0 spiro atoms. The summed E-state index contributed by atoms with van der Waals surface area (Å²) < 4.78 is 0. The maximum Gasteiger partial charge on any atom is -0.00940 e. The fourth-order valence-corrected chi connectivity index (χ4v) is 1.82. The minimum absolute atomic E-state index is 0.888. The lowest BCUT2D eigenvalue weighted by atomic mass is 10.00. The van der Waals surface area contributed by atoms with E-state index in [1.54, 1.807) is 0 Å². The summed E-state index contributed by atoms with van der Waals surface area (Å²) in [6.45, 7) is 3.83. The van der Waals surface area contributed by atoms with Crippen LogP contribution in [0.2, 0.25) is 0 Å². The van der Waals surface area contributed by atoms with Gasteiger partial charge >= 0.3 is 0 Å². The fraction of sp³-hybridized carbons (Fsp3) is 0.0588. The summed E-state index contributed by atoms with van der Waals surface area (Å²) in [5.41, 5.74) is 3.79. The molecule has 2 aromatic carbocycles. The van der Waals surface area contributed by atoms with Gasteiger partial charge in [-0.3, -0.25) is 0 Å². The topological polar surface area (TPSA) is 0 Å². The van der Waals surface area contributed by atoms with E-state index in [0.717, 1.165) is 6.42 Å². The molecule has 0 saturated heterocycles. The zero-order chi connectivity index (χ0) is 11.9. The Morgan fingerprint density at radius 2 is 1.47 bits per heavy atom. The highest BCUT2D eigenvalue weighted by Crippen LogP contribution is 2.21. The second kappa shape index (κ2) is 5.86. The third-order valence-electron chi connectivity index (χ3n) is 2.65. The molecule has 0 saturated carbocycles. The smallest absolute Gasteiger partial charge is 0.00940 e. The van der Waals surface area contributed by atoms with Crippen molar-refractivity contribution in [3.8, 4) is 0 Å². The molecule has 0 aromatic heterocycles. The van der Waals surface area contributed by atoms with Crippen molar-refractivity contribution in [1.29, 1.82) is 0 Å². The van der Waals surface area contributed by atoms with Gasteiger partial charge in [-0.2, -0.15) is 0 Å². The van der Waals surface area contributed by atoms with Crippen LogP contribution in [-0.4, -0.2) is 0 Å². The molecule has 0 radical (unpaired) electrons. The zero-order valence-corrected chi connectivity index (χ0v) is 9.84. The fourth-order valence-electron chi connectivity index (χ4n) is 1.82. The third-order valence-corrected chi connectivity index (χ3v) is 2.65. The SMILES string of the molecule is C=CC/C(=C/c1ccccc1)c1ccccc1. The van der Waals surface area contributed by atoms with Gasteiger partial charge in [-0.05, 0) is 23.1 Å². The number of hydrogen-bond acceptors (Lipinski definition) is 0. The lowest BCUT2D eigenvalue weighted by Gasteiger charge is -2.05. The molecule has 0 amide bonds. The van der Waals surface area contributed by atoms with E-state index >= 15 is 0 Å². The number of allylic oxidation sites excluding steroid dienone is 2. The quantitative estimate of drug-likeness (QED) is 0.512. The Balaban J connectivity index is 2.36. The van der Waals surface area contributed by atoms with Gasteiger partial charge < -0.3 is 0 Å². The van der Waals surface area contributed by atoms with Crippen molar-refractivity contribution in [2.45, 2.75) is 6.42 Å². The normalized spacial score (nSPS) is 11.2. The van der Waals surface area contributed by atoms with Crippen molar-refractivity contribution in [2.75, 3.05) is 0 Å². The summed E-state index contributed by atoms with van der Waals surface area (Å²) in [6.07, 6.45) is 5.05. The Kier molecular flexibility index (Phi) is 3.93. The summed E-state index contributed by atoms with van der Waals surface area (Å²) in [5.74, 6) is 0. The van der Waals surface area contributed by atoms with Crippen molar-refractivity contribution in [2.24, 2.45) is 0 Å². The van der Waals surface area contributed by atoms with Crippen molar-refractivity contribution in [3.63, 3.8) is 0 Å². The molecule has 17 heavy (non-hydrogen) atoms. The van der Waals surface area contributed by atoms with E-state index in [-0.39, 0.29) is 0 Å². The molecule has 0 N–H and O–H groups in total. The Morgan fingerprint density at radius 1 is 0.882 bits per heavy atom. The van der Waals surface area contributed by atoms with Gasteiger partial charge in [-0.1, -0.05) is 72.8 Å². The van der Waals surface area contributed by atoms with E-state index < -0.39 is 0 Å². The van der Waals surface area contributed by atoms with Crippen LogP contribution in [0.1, 0.15) is 17.5 Å². The summed E-state index contributed by atoms with van der Waals surface area (Å²) in [4.78, 5) is 0. The van der Waals surface area contributed by atoms with Gasteiger partial charge in [0.1, 0.15) is 0 Å². The Morgan fingerprint density at radius 3 is 2.06 bits per heavy atom. The van der Waals surface area contributed by atoms with Crippen LogP contribution in [0.25, 0.3) is 11.6 Å². The minimum atomic E-state index is 0.888. The summed E-state index contributed by atoms with van der Waals surface area (Å²) in [7, 11) is 0. The average molecular weight is 220 g/mol. The molecule has 0 heteroatoms. The maximum absolute atomic E-state index is 3.83. The van der Waals surface area contributed by atoms with E-state index in [0.29, 0.717) is 0 Å². The van der Waals surface area contributed by atoms with Crippen LogP contribution in [0, 0.1) is 0 Å². The van der Waals surface area contributed by atoms with Crippen LogP contribution >= 0.6 is 0 Å². The molecule has 2 aromatic rings. The summed E-state index contributed by atoms with van der Waals surface area (Å²) in [5, 5.41) is 0. The zero-order valence-electron chi connectivity index (χ0n) is 9.84. The van der Waals surface area contributed by atoms with Gasteiger partial charge in [0.05, 0.1) is 0 Å². The predicted octanol–water partition coefficient (Wildman–Crippen LogP) is 4.80. The van der Waals surface area contributed by atoms with Crippen molar-refractivity contribution in [3.05, 3.63) is 84.4 Å². The van der Waals surface area contributed by atoms with Gasteiger partial charge in [0.25, 0.3) is 0 Å². The molecule has 0 aliphatic heterocycles. The molecule has 0 aliphatic carbocycles. The lowest BCUT2D eigenvalue weighted by Crippen LogP contribution is -1.83. The van der Waals surface area contributed by atoms with Crippen molar-refractivity contribution < 1.29 is 0 Å². The Labute approximate surface area is 103 Å². The first kappa shape index (κ1) is 11.4. The van der Waals surface area contributed by atoms with E-state index in [1.165, 1.54) is 16.7 Å². The predicted molar refractivity (Wildman–Crippen MR) is 75.6 cm³/mol. The van der Waals surface area contributed by atoms with E-state index in [4.69, 9.17) is 0 Å². The van der Waals surface area contributed by atoms with Crippen molar-refractivity contribution >= 4 is 11.6 Å². The Hall–Kier alpha value is -2.08. The van der Waals surface area contributed by atoms with E-state index in [1.807, 2.05) is 18.2 Å². The van der Waals surface area contributed by atoms with Crippen LogP contribution in [0.4, 0.5) is 0 Å². The minimum Gasteiger partial charge on any atom is -0.103 e. The molecule has 0 heterocycles. The second-order valence-corrected chi connectivity index (χ2v) is 3.94. The van der Waals surface area contributed by atoms with Crippen LogP contribution in [0.3, 0.4) is 0 Å². The maximum atomic E-state index is 3.83. The van der Waals surface area contributed by atoms with Crippen LogP contribution in [-0.2, 0) is 0 Å². The van der Waals surface area contributed by atoms with Crippen molar-refractivity contribution in [1.82, 2.24) is 0 Å². The third kappa shape index (κ3) is 3.18. The van der Waals surface area contributed by atoms with Crippen LogP contribution in [0.5, 0.6) is 0 Å².